The van der Waals surface area contributed by atoms with E-state index in [1.165, 1.54) is 12.1 Å². The van der Waals surface area contributed by atoms with Gasteiger partial charge in [-0.2, -0.15) is 0 Å². The van der Waals surface area contributed by atoms with Gasteiger partial charge in [0.05, 0.1) is 19.3 Å². The summed E-state index contributed by atoms with van der Waals surface area (Å²) < 4.78 is 23.4. The smallest absolute Gasteiger partial charge is 0.239 e. The summed E-state index contributed by atoms with van der Waals surface area (Å²) in [4.78, 5) is 11.9. The van der Waals surface area contributed by atoms with E-state index >= 15 is 0 Å². The van der Waals surface area contributed by atoms with Crippen molar-refractivity contribution in [2.75, 3.05) is 33.4 Å². The summed E-state index contributed by atoms with van der Waals surface area (Å²) in [5, 5.41) is 5.90. The van der Waals surface area contributed by atoms with Gasteiger partial charge in [-0.1, -0.05) is 12.1 Å². The molecule has 1 aliphatic rings. The third-order valence-corrected chi connectivity index (χ3v) is 3.23. The number of carbonyl (C=O) groups is 1. The number of rotatable bonds is 5. The monoisotopic (exact) mass is 282 g/mol. The molecule has 0 saturated carbocycles. The highest BCUT2D eigenvalue weighted by Gasteiger charge is 2.22. The topological polar surface area (TPSA) is 59.6 Å². The maximum atomic E-state index is 12.9. The van der Waals surface area contributed by atoms with E-state index in [9.17, 15) is 9.18 Å². The van der Waals surface area contributed by atoms with Crippen molar-refractivity contribution >= 4 is 5.91 Å². The van der Waals surface area contributed by atoms with Crippen molar-refractivity contribution in [1.29, 1.82) is 0 Å². The zero-order chi connectivity index (χ0) is 14.4. The number of morpholine rings is 1. The van der Waals surface area contributed by atoms with Crippen LogP contribution in [0.15, 0.2) is 24.3 Å². The van der Waals surface area contributed by atoms with Crippen LogP contribution in [0.5, 0.6) is 0 Å². The van der Waals surface area contributed by atoms with Gasteiger partial charge >= 0.3 is 0 Å². The molecule has 1 aromatic carbocycles. The van der Waals surface area contributed by atoms with Gasteiger partial charge in [-0.25, -0.2) is 4.39 Å². The van der Waals surface area contributed by atoms with E-state index in [0.29, 0.717) is 26.3 Å². The predicted octanol–water partition coefficient (Wildman–Crippen LogP) is 0.618. The number of amides is 1. The molecule has 6 heteroatoms. The molecule has 0 bridgehead atoms. The van der Waals surface area contributed by atoms with Crippen molar-refractivity contribution < 1.29 is 18.7 Å². The Kier molecular flexibility index (Phi) is 5.46. The van der Waals surface area contributed by atoms with Crippen LogP contribution in [0, 0.1) is 5.82 Å². The average Bonchev–Trinajstić information content (AvgIpc) is 2.50. The lowest BCUT2D eigenvalue weighted by Crippen LogP contribution is -2.51. The van der Waals surface area contributed by atoms with Crippen LogP contribution >= 0.6 is 0 Å². The summed E-state index contributed by atoms with van der Waals surface area (Å²) in [5.74, 6) is -0.412. The average molecular weight is 282 g/mol. The molecule has 5 nitrogen and oxygen atoms in total. The molecule has 0 spiro atoms. The standard InChI is InChI=1S/C14H19FN2O3/c1-19-13(10-2-4-11(15)5-3-10)8-17-14(18)12-9-20-7-6-16-12/h2-5,12-13,16H,6-9H2,1H3,(H,17,18). The van der Waals surface area contributed by atoms with Crippen LogP contribution < -0.4 is 10.6 Å². The van der Waals surface area contributed by atoms with E-state index in [2.05, 4.69) is 10.6 Å². The number of nitrogens with one attached hydrogen (secondary N) is 2. The minimum absolute atomic E-state index is 0.117. The predicted molar refractivity (Wildman–Crippen MR) is 71.8 cm³/mol. The first-order chi connectivity index (χ1) is 9.70. The Morgan fingerprint density at radius 1 is 1.55 bits per heavy atom. The van der Waals surface area contributed by atoms with Crippen LogP contribution in [-0.4, -0.2) is 45.4 Å². The Bertz CT molecular complexity index is 433. The summed E-state index contributed by atoms with van der Waals surface area (Å²) in [6, 6.07) is 5.73. The zero-order valence-electron chi connectivity index (χ0n) is 11.4. The summed E-state index contributed by atoms with van der Waals surface area (Å²) in [5.41, 5.74) is 0.821. The molecule has 1 fully saturated rings. The van der Waals surface area contributed by atoms with E-state index in [1.54, 1.807) is 19.2 Å². The van der Waals surface area contributed by atoms with Crippen molar-refractivity contribution in [1.82, 2.24) is 10.6 Å². The number of benzene rings is 1. The van der Waals surface area contributed by atoms with Gasteiger partial charge in [0, 0.05) is 20.2 Å². The molecule has 2 atom stereocenters. The third kappa shape index (κ3) is 4.00. The maximum Gasteiger partial charge on any atom is 0.239 e. The summed E-state index contributed by atoms with van der Waals surface area (Å²) in [6.45, 7) is 2.00. The van der Waals surface area contributed by atoms with Crippen molar-refractivity contribution in [2.45, 2.75) is 12.1 Å². The molecule has 0 aromatic heterocycles. The van der Waals surface area contributed by atoms with Crippen LogP contribution in [-0.2, 0) is 14.3 Å². The molecular weight excluding hydrogens is 263 g/mol. The van der Waals surface area contributed by atoms with E-state index in [-0.39, 0.29) is 23.9 Å². The van der Waals surface area contributed by atoms with Crippen molar-refractivity contribution in [3.63, 3.8) is 0 Å². The molecule has 1 aliphatic heterocycles. The zero-order valence-corrected chi connectivity index (χ0v) is 11.4. The maximum absolute atomic E-state index is 12.9. The number of halogens is 1. The fourth-order valence-electron chi connectivity index (χ4n) is 2.07. The summed E-state index contributed by atoms with van der Waals surface area (Å²) >= 11 is 0. The Hall–Kier alpha value is -1.50. The highest BCUT2D eigenvalue weighted by molar-refractivity contribution is 5.82. The van der Waals surface area contributed by atoms with Crippen molar-refractivity contribution in [2.24, 2.45) is 0 Å². The summed E-state index contributed by atoms with van der Waals surface area (Å²) in [6.07, 6.45) is -0.302. The lowest BCUT2D eigenvalue weighted by molar-refractivity contribution is -0.126. The summed E-state index contributed by atoms with van der Waals surface area (Å²) in [7, 11) is 1.56. The molecule has 0 radical (unpaired) electrons. The van der Waals surface area contributed by atoms with Gasteiger partial charge in [0.25, 0.3) is 0 Å². The number of carbonyl (C=O) groups excluding carboxylic acids is 1. The van der Waals surface area contributed by atoms with Gasteiger partial charge in [-0.15, -0.1) is 0 Å². The van der Waals surface area contributed by atoms with E-state index in [1.807, 2.05) is 0 Å². The van der Waals surface area contributed by atoms with Gasteiger partial charge in [0.1, 0.15) is 11.9 Å². The first-order valence-electron chi connectivity index (χ1n) is 6.58. The second kappa shape index (κ2) is 7.33. The van der Waals surface area contributed by atoms with Crippen LogP contribution in [0.25, 0.3) is 0 Å². The second-order valence-corrected chi connectivity index (χ2v) is 4.60. The van der Waals surface area contributed by atoms with Gasteiger partial charge < -0.3 is 20.1 Å². The molecule has 2 N–H and O–H groups in total. The second-order valence-electron chi connectivity index (χ2n) is 4.60. The third-order valence-electron chi connectivity index (χ3n) is 3.23. The fourth-order valence-corrected chi connectivity index (χ4v) is 2.07. The molecule has 1 amide bonds. The van der Waals surface area contributed by atoms with E-state index in [0.717, 1.165) is 5.56 Å². The molecule has 2 rings (SSSR count). The van der Waals surface area contributed by atoms with Gasteiger partial charge in [-0.3, -0.25) is 4.79 Å². The Labute approximate surface area is 117 Å². The SMILES string of the molecule is COC(CNC(=O)C1COCCN1)c1ccc(F)cc1. The fraction of sp³-hybridized carbons (Fsp3) is 0.500. The minimum atomic E-state index is -0.325. The molecule has 0 aliphatic carbocycles. The van der Waals surface area contributed by atoms with E-state index in [4.69, 9.17) is 9.47 Å². The Morgan fingerprint density at radius 3 is 2.90 bits per heavy atom. The number of ether oxygens (including phenoxy) is 2. The van der Waals surface area contributed by atoms with Crippen LogP contribution in [0.4, 0.5) is 4.39 Å². The number of hydrogen-bond donors (Lipinski definition) is 2. The molecule has 20 heavy (non-hydrogen) atoms. The molecule has 110 valence electrons. The number of methoxy groups -OCH3 is 1. The number of hydrogen-bond acceptors (Lipinski definition) is 4. The lowest BCUT2D eigenvalue weighted by atomic mass is 10.1. The van der Waals surface area contributed by atoms with Crippen LogP contribution in [0.2, 0.25) is 0 Å². The minimum Gasteiger partial charge on any atom is -0.378 e. The highest BCUT2D eigenvalue weighted by Crippen LogP contribution is 2.16. The van der Waals surface area contributed by atoms with Crippen LogP contribution in [0.1, 0.15) is 11.7 Å². The molecule has 1 aromatic rings. The van der Waals surface area contributed by atoms with Gasteiger partial charge in [0.15, 0.2) is 0 Å². The molecule has 2 unspecified atom stereocenters. The normalized spacial score (nSPS) is 20.4. The Morgan fingerprint density at radius 2 is 2.30 bits per heavy atom. The Balaban J connectivity index is 1.86. The van der Waals surface area contributed by atoms with Gasteiger partial charge in [-0.05, 0) is 17.7 Å². The highest BCUT2D eigenvalue weighted by atomic mass is 19.1. The van der Waals surface area contributed by atoms with E-state index < -0.39 is 0 Å². The lowest BCUT2D eigenvalue weighted by Gasteiger charge is -2.24. The molecule has 1 saturated heterocycles. The molecular formula is C14H19FN2O3. The van der Waals surface area contributed by atoms with Crippen LogP contribution in [0.3, 0.4) is 0 Å². The van der Waals surface area contributed by atoms with Crippen molar-refractivity contribution in [3.05, 3.63) is 35.6 Å². The van der Waals surface area contributed by atoms with Gasteiger partial charge in [0.2, 0.25) is 5.91 Å². The van der Waals surface area contributed by atoms with Crippen molar-refractivity contribution in [3.8, 4) is 0 Å². The molecule has 1 heterocycles. The first kappa shape index (κ1) is 14.9. The first-order valence-corrected chi connectivity index (χ1v) is 6.58. The largest absolute Gasteiger partial charge is 0.378 e. The quantitative estimate of drug-likeness (QED) is 0.831.